The molecule has 1 aliphatic heterocycles. The van der Waals surface area contributed by atoms with Gasteiger partial charge in [0.05, 0.1) is 5.52 Å². The van der Waals surface area contributed by atoms with E-state index in [1.165, 1.54) is 29.5 Å². The standard InChI is InChI=1S/C18H24N4S/c1-18(9-5-11-23-18)13-22-17(19-2)21-12-15-7-3-6-14-8-4-10-20-16(14)15/h3-4,6-8,10H,5,9,11-13H2,1-2H3,(H2,19,21,22). The van der Waals surface area contributed by atoms with Crippen LogP contribution in [0, 0.1) is 0 Å². The second-order valence-electron chi connectivity index (χ2n) is 6.17. The number of guanidine groups is 1. The molecule has 4 nitrogen and oxygen atoms in total. The molecule has 2 heterocycles. The Morgan fingerprint density at radius 1 is 1.30 bits per heavy atom. The van der Waals surface area contributed by atoms with Crippen LogP contribution in [0.15, 0.2) is 41.5 Å². The smallest absolute Gasteiger partial charge is 0.191 e. The highest BCUT2D eigenvalue weighted by molar-refractivity contribution is 8.00. The molecule has 5 heteroatoms. The maximum atomic E-state index is 4.50. The van der Waals surface area contributed by atoms with Crippen molar-refractivity contribution in [2.45, 2.75) is 31.1 Å². The summed E-state index contributed by atoms with van der Waals surface area (Å²) in [7, 11) is 1.82. The summed E-state index contributed by atoms with van der Waals surface area (Å²) in [4.78, 5) is 8.84. The normalized spacial score (nSPS) is 21.6. The average Bonchev–Trinajstić information content (AvgIpc) is 3.02. The topological polar surface area (TPSA) is 49.3 Å². The molecule has 2 aromatic rings. The quantitative estimate of drug-likeness (QED) is 0.668. The zero-order valence-electron chi connectivity index (χ0n) is 13.8. The van der Waals surface area contributed by atoms with Gasteiger partial charge in [-0.05, 0) is 37.1 Å². The van der Waals surface area contributed by atoms with E-state index < -0.39 is 0 Å². The van der Waals surface area contributed by atoms with Crippen LogP contribution in [0.5, 0.6) is 0 Å². The van der Waals surface area contributed by atoms with E-state index in [0.717, 1.165) is 24.6 Å². The first-order valence-corrected chi connectivity index (χ1v) is 9.10. The van der Waals surface area contributed by atoms with Gasteiger partial charge in [0.25, 0.3) is 0 Å². The Bertz CT molecular complexity index is 687. The molecule has 0 saturated carbocycles. The monoisotopic (exact) mass is 328 g/mol. The lowest BCUT2D eigenvalue weighted by Crippen LogP contribution is -2.43. The van der Waals surface area contributed by atoms with Gasteiger partial charge in [-0.1, -0.05) is 24.3 Å². The van der Waals surface area contributed by atoms with Gasteiger partial charge < -0.3 is 10.6 Å². The van der Waals surface area contributed by atoms with Crippen molar-refractivity contribution in [3.8, 4) is 0 Å². The Morgan fingerprint density at radius 3 is 2.96 bits per heavy atom. The van der Waals surface area contributed by atoms with E-state index >= 15 is 0 Å². The first-order valence-electron chi connectivity index (χ1n) is 8.11. The number of nitrogens with zero attached hydrogens (tertiary/aromatic N) is 2. The van der Waals surface area contributed by atoms with Gasteiger partial charge in [0.2, 0.25) is 0 Å². The molecule has 1 atom stereocenters. The van der Waals surface area contributed by atoms with Gasteiger partial charge in [0, 0.05) is 36.5 Å². The summed E-state index contributed by atoms with van der Waals surface area (Å²) in [6, 6.07) is 10.4. The maximum absolute atomic E-state index is 4.50. The highest BCUT2D eigenvalue weighted by Gasteiger charge is 2.29. The molecular formula is C18H24N4S. The lowest BCUT2D eigenvalue weighted by Gasteiger charge is -2.24. The number of benzene rings is 1. The van der Waals surface area contributed by atoms with Crippen molar-refractivity contribution in [2.75, 3.05) is 19.3 Å². The van der Waals surface area contributed by atoms with Crippen molar-refractivity contribution in [1.29, 1.82) is 0 Å². The number of hydrogen-bond acceptors (Lipinski definition) is 3. The third kappa shape index (κ3) is 3.96. The zero-order valence-corrected chi connectivity index (χ0v) is 14.6. The molecule has 0 bridgehead atoms. The fourth-order valence-corrected chi connectivity index (χ4v) is 4.20. The van der Waals surface area contributed by atoms with Gasteiger partial charge in [-0.2, -0.15) is 11.8 Å². The number of aromatic nitrogens is 1. The number of thioether (sulfide) groups is 1. The van der Waals surface area contributed by atoms with E-state index in [-0.39, 0.29) is 0 Å². The van der Waals surface area contributed by atoms with Crippen LogP contribution in [-0.2, 0) is 6.54 Å². The molecule has 1 aromatic heterocycles. The second-order valence-corrected chi connectivity index (χ2v) is 7.86. The Morgan fingerprint density at radius 2 is 2.17 bits per heavy atom. The summed E-state index contributed by atoms with van der Waals surface area (Å²) in [5, 5.41) is 8.05. The number of fused-ring (bicyclic) bond motifs is 1. The number of hydrogen-bond donors (Lipinski definition) is 2. The summed E-state index contributed by atoms with van der Waals surface area (Å²) < 4.78 is 0.332. The van der Waals surface area contributed by atoms with Crippen LogP contribution in [0.25, 0.3) is 10.9 Å². The average molecular weight is 328 g/mol. The number of para-hydroxylation sites is 1. The molecule has 0 spiro atoms. The summed E-state index contributed by atoms with van der Waals surface area (Å²) in [6.45, 7) is 4.00. The van der Waals surface area contributed by atoms with E-state index in [2.05, 4.69) is 63.6 Å². The lowest BCUT2D eigenvalue weighted by molar-refractivity contribution is 0.584. The van der Waals surface area contributed by atoms with Crippen molar-refractivity contribution in [3.05, 3.63) is 42.1 Å². The lowest BCUT2D eigenvalue weighted by atomic mass is 10.1. The van der Waals surface area contributed by atoms with Gasteiger partial charge in [-0.15, -0.1) is 0 Å². The van der Waals surface area contributed by atoms with Gasteiger partial charge in [-0.3, -0.25) is 9.98 Å². The zero-order chi connectivity index (χ0) is 16.1. The SMILES string of the molecule is CN=C(NCc1cccc2cccnc12)NCC1(C)CCCS1. The highest BCUT2D eigenvalue weighted by atomic mass is 32.2. The molecule has 23 heavy (non-hydrogen) atoms. The van der Waals surface area contributed by atoms with Crippen molar-refractivity contribution < 1.29 is 0 Å². The highest BCUT2D eigenvalue weighted by Crippen LogP contribution is 2.36. The molecule has 2 N–H and O–H groups in total. The van der Waals surface area contributed by atoms with Crippen molar-refractivity contribution in [1.82, 2.24) is 15.6 Å². The maximum Gasteiger partial charge on any atom is 0.191 e. The van der Waals surface area contributed by atoms with Crippen LogP contribution in [0.4, 0.5) is 0 Å². The van der Waals surface area contributed by atoms with Gasteiger partial charge >= 0.3 is 0 Å². The van der Waals surface area contributed by atoms with Crippen LogP contribution < -0.4 is 10.6 Å². The van der Waals surface area contributed by atoms with Gasteiger partial charge in [0.15, 0.2) is 5.96 Å². The van der Waals surface area contributed by atoms with Crippen molar-refractivity contribution >= 4 is 28.6 Å². The minimum absolute atomic E-state index is 0.332. The van der Waals surface area contributed by atoms with Crippen molar-refractivity contribution in [3.63, 3.8) is 0 Å². The molecule has 0 aliphatic carbocycles. The summed E-state index contributed by atoms with van der Waals surface area (Å²) >= 11 is 2.06. The predicted octanol–water partition coefficient (Wildman–Crippen LogP) is 3.19. The Hall–Kier alpha value is -1.75. The van der Waals surface area contributed by atoms with Crippen molar-refractivity contribution in [2.24, 2.45) is 4.99 Å². The van der Waals surface area contributed by atoms with Crippen LogP contribution in [-0.4, -0.2) is 35.0 Å². The van der Waals surface area contributed by atoms with Gasteiger partial charge in [-0.25, -0.2) is 0 Å². The third-order valence-electron chi connectivity index (χ3n) is 4.32. The van der Waals surface area contributed by atoms with Crippen LogP contribution in [0.3, 0.4) is 0 Å². The van der Waals surface area contributed by atoms with E-state index in [1.807, 2.05) is 19.3 Å². The Balaban J connectivity index is 1.61. The van der Waals surface area contributed by atoms with Crippen LogP contribution in [0.2, 0.25) is 0 Å². The molecule has 3 rings (SSSR count). The number of nitrogens with one attached hydrogen (secondary N) is 2. The molecule has 1 saturated heterocycles. The van der Waals surface area contributed by atoms with E-state index in [1.54, 1.807) is 0 Å². The molecule has 1 aromatic carbocycles. The van der Waals surface area contributed by atoms with Gasteiger partial charge in [0.1, 0.15) is 0 Å². The third-order valence-corrected chi connectivity index (χ3v) is 5.85. The molecule has 1 unspecified atom stereocenters. The Labute approximate surface area is 142 Å². The minimum atomic E-state index is 0.332. The number of aliphatic imine (C=N–C) groups is 1. The first kappa shape index (κ1) is 16.1. The predicted molar refractivity (Wildman–Crippen MR) is 100 cm³/mol. The van der Waals surface area contributed by atoms with E-state index in [9.17, 15) is 0 Å². The number of pyridine rings is 1. The molecule has 1 fully saturated rings. The molecule has 0 amide bonds. The second kappa shape index (κ2) is 7.21. The fourth-order valence-electron chi connectivity index (χ4n) is 2.96. The van der Waals surface area contributed by atoms with Crippen LogP contribution in [0.1, 0.15) is 25.3 Å². The number of rotatable bonds is 4. The summed E-state index contributed by atoms with van der Waals surface area (Å²) in [6.07, 6.45) is 4.43. The summed E-state index contributed by atoms with van der Waals surface area (Å²) in [5.74, 6) is 2.12. The molecule has 0 radical (unpaired) electrons. The largest absolute Gasteiger partial charge is 0.355 e. The molecule has 1 aliphatic rings. The minimum Gasteiger partial charge on any atom is -0.355 e. The van der Waals surface area contributed by atoms with E-state index in [0.29, 0.717) is 4.75 Å². The molecule has 122 valence electrons. The van der Waals surface area contributed by atoms with E-state index in [4.69, 9.17) is 0 Å². The molecular weight excluding hydrogens is 304 g/mol. The Kier molecular flexibility index (Phi) is 5.06. The fraction of sp³-hybridized carbons (Fsp3) is 0.444. The first-order chi connectivity index (χ1) is 11.2. The van der Waals surface area contributed by atoms with Crippen LogP contribution >= 0.6 is 11.8 Å². The summed E-state index contributed by atoms with van der Waals surface area (Å²) in [5.41, 5.74) is 2.24.